The summed E-state index contributed by atoms with van der Waals surface area (Å²) in [6, 6.07) is 4.46. The van der Waals surface area contributed by atoms with E-state index in [1.54, 1.807) is 11.3 Å². The topological polar surface area (TPSA) is 38.9 Å². The first-order valence-corrected chi connectivity index (χ1v) is 6.15. The van der Waals surface area contributed by atoms with Gasteiger partial charge in [0.05, 0.1) is 0 Å². The average molecular weight is 232 g/mol. The van der Waals surface area contributed by atoms with Crippen LogP contribution in [0.4, 0.5) is 5.13 Å². The number of benzene rings is 1. The van der Waals surface area contributed by atoms with Crippen LogP contribution in [-0.4, -0.2) is 4.98 Å². The third-order valence-electron chi connectivity index (χ3n) is 2.76. The number of aromatic nitrogens is 1. The summed E-state index contributed by atoms with van der Waals surface area (Å²) in [7, 11) is 0. The maximum absolute atomic E-state index is 5.64. The third-order valence-corrected chi connectivity index (χ3v) is 3.59. The van der Waals surface area contributed by atoms with E-state index in [-0.39, 0.29) is 0 Å². The number of hydrogen-bond donors (Lipinski definition) is 1. The molecule has 84 valence electrons. The van der Waals surface area contributed by atoms with Crippen molar-refractivity contribution in [3.8, 4) is 0 Å². The molecule has 0 fully saturated rings. The van der Waals surface area contributed by atoms with Crippen molar-refractivity contribution >= 4 is 16.5 Å². The van der Waals surface area contributed by atoms with Gasteiger partial charge in [0.25, 0.3) is 0 Å². The highest BCUT2D eigenvalue weighted by molar-refractivity contribution is 7.15. The highest BCUT2D eigenvalue weighted by Crippen LogP contribution is 2.23. The molecule has 0 saturated heterocycles. The zero-order chi connectivity index (χ0) is 11.7. The average Bonchev–Trinajstić information content (AvgIpc) is 2.58. The lowest BCUT2D eigenvalue weighted by Crippen LogP contribution is -1.95. The van der Waals surface area contributed by atoms with Crippen LogP contribution in [0.25, 0.3) is 0 Å². The smallest absolute Gasteiger partial charge is 0.180 e. The molecule has 0 aliphatic carbocycles. The molecule has 1 aromatic carbocycles. The molecule has 2 aromatic rings. The van der Waals surface area contributed by atoms with Gasteiger partial charge in [0, 0.05) is 17.5 Å². The van der Waals surface area contributed by atoms with Crippen LogP contribution < -0.4 is 5.73 Å². The van der Waals surface area contributed by atoms with Crippen LogP contribution in [0.3, 0.4) is 0 Å². The number of anilines is 1. The lowest BCUT2D eigenvalue weighted by atomic mass is 9.97. The van der Waals surface area contributed by atoms with Crippen LogP contribution in [0.2, 0.25) is 0 Å². The minimum atomic E-state index is 0.650. The van der Waals surface area contributed by atoms with Gasteiger partial charge in [-0.2, -0.15) is 0 Å². The van der Waals surface area contributed by atoms with Gasteiger partial charge in [0.2, 0.25) is 0 Å². The van der Waals surface area contributed by atoms with E-state index in [0.717, 1.165) is 6.42 Å². The Balaban J connectivity index is 2.34. The van der Waals surface area contributed by atoms with Crippen LogP contribution in [-0.2, 0) is 6.42 Å². The summed E-state index contributed by atoms with van der Waals surface area (Å²) in [5.74, 6) is 0. The predicted molar refractivity (Wildman–Crippen MR) is 70.0 cm³/mol. The van der Waals surface area contributed by atoms with Gasteiger partial charge in [-0.15, -0.1) is 11.3 Å². The van der Waals surface area contributed by atoms with E-state index in [4.69, 9.17) is 5.73 Å². The van der Waals surface area contributed by atoms with E-state index < -0.39 is 0 Å². The zero-order valence-corrected chi connectivity index (χ0v) is 10.7. The van der Waals surface area contributed by atoms with E-state index in [1.807, 2.05) is 6.20 Å². The summed E-state index contributed by atoms with van der Waals surface area (Å²) in [5, 5.41) is 0.650. The first-order valence-electron chi connectivity index (χ1n) is 5.33. The van der Waals surface area contributed by atoms with Crippen molar-refractivity contribution in [1.29, 1.82) is 0 Å². The minimum absolute atomic E-state index is 0.650. The van der Waals surface area contributed by atoms with Gasteiger partial charge in [-0.1, -0.05) is 17.7 Å². The molecule has 0 aliphatic heterocycles. The molecule has 0 bridgehead atoms. The summed E-state index contributed by atoms with van der Waals surface area (Å²) in [5.41, 5.74) is 11.1. The molecular formula is C13H16N2S. The first-order chi connectivity index (χ1) is 7.56. The number of nitrogen functional groups attached to an aromatic ring is 1. The Hall–Kier alpha value is -1.35. The SMILES string of the molecule is Cc1cc(C)c(Cc2cnc(N)s2)c(C)c1. The minimum Gasteiger partial charge on any atom is -0.375 e. The van der Waals surface area contributed by atoms with Crippen molar-refractivity contribution in [1.82, 2.24) is 4.98 Å². The fourth-order valence-electron chi connectivity index (χ4n) is 2.07. The summed E-state index contributed by atoms with van der Waals surface area (Å²) in [4.78, 5) is 5.32. The number of rotatable bonds is 2. The van der Waals surface area contributed by atoms with E-state index in [0.29, 0.717) is 5.13 Å². The summed E-state index contributed by atoms with van der Waals surface area (Å²) in [6.07, 6.45) is 2.81. The molecule has 0 saturated carbocycles. The fourth-order valence-corrected chi connectivity index (χ4v) is 2.76. The number of aryl methyl sites for hydroxylation is 3. The van der Waals surface area contributed by atoms with Crippen LogP contribution in [0.5, 0.6) is 0 Å². The molecule has 16 heavy (non-hydrogen) atoms. The van der Waals surface area contributed by atoms with E-state index >= 15 is 0 Å². The normalized spacial score (nSPS) is 10.7. The van der Waals surface area contributed by atoms with Gasteiger partial charge in [-0.3, -0.25) is 0 Å². The van der Waals surface area contributed by atoms with E-state index in [2.05, 4.69) is 37.9 Å². The van der Waals surface area contributed by atoms with Crippen molar-refractivity contribution in [3.63, 3.8) is 0 Å². The predicted octanol–water partition coefficient (Wildman–Crippen LogP) is 3.24. The van der Waals surface area contributed by atoms with Gasteiger partial charge < -0.3 is 5.73 Å². The third kappa shape index (κ3) is 2.25. The Morgan fingerprint density at radius 2 is 1.81 bits per heavy atom. The highest BCUT2D eigenvalue weighted by Gasteiger charge is 2.07. The molecule has 0 radical (unpaired) electrons. The number of thiazole rings is 1. The Kier molecular flexibility index (Phi) is 2.97. The van der Waals surface area contributed by atoms with Gasteiger partial charge in [0.15, 0.2) is 5.13 Å². The second kappa shape index (κ2) is 4.26. The molecule has 2 nitrogen and oxygen atoms in total. The molecule has 3 heteroatoms. The lowest BCUT2D eigenvalue weighted by Gasteiger charge is -2.09. The van der Waals surface area contributed by atoms with Crippen molar-refractivity contribution < 1.29 is 0 Å². The monoisotopic (exact) mass is 232 g/mol. The molecule has 0 aliphatic rings. The van der Waals surface area contributed by atoms with Gasteiger partial charge in [-0.25, -0.2) is 4.98 Å². The first kappa shape index (κ1) is 11.1. The fraction of sp³-hybridized carbons (Fsp3) is 0.308. The molecule has 2 N–H and O–H groups in total. The molecule has 0 atom stereocenters. The van der Waals surface area contributed by atoms with Gasteiger partial charge in [-0.05, 0) is 37.5 Å². The van der Waals surface area contributed by atoms with Crippen molar-refractivity contribution in [2.75, 3.05) is 5.73 Å². The quantitative estimate of drug-likeness (QED) is 0.863. The van der Waals surface area contributed by atoms with Gasteiger partial charge >= 0.3 is 0 Å². The number of hydrogen-bond acceptors (Lipinski definition) is 3. The number of nitrogens with zero attached hydrogens (tertiary/aromatic N) is 1. The highest BCUT2D eigenvalue weighted by atomic mass is 32.1. The maximum atomic E-state index is 5.64. The zero-order valence-electron chi connectivity index (χ0n) is 9.87. The van der Waals surface area contributed by atoms with Crippen molar-refractivity contribution in [2.45, 2.75) is 27.2 Å². The largest absolute Gasteiger partial charge is 0.375 e. The van der Waals surface area contributed by atoms with Crippen LogP contribution in [0.15, 0.2) is 18.3 Å². The molecule has 2 rings (SSSR count). The van der Waals surface area contributed by atoms with Crippen LogP contribution >= 0.6 is 11.3 Å². The second-order valence-corrected chi connectivity index (χ2v) is 5.37. The van der Waals surface area contributed by atoms with E-state index in [9.17, 15) is 0 Å². The van der Waals surface area contributed by atoms with E-state index in [1.165, 1.54) is 27.1 Å². The number of nitrogens with two attached hydrogens (primary N) is 1. The Morgan fingerprint density at radius 3 is 2.31 bits per heavy atom. The lowest BCUT2D eigenvalue weighted by molar-refractivity contribution is 1.13. The molecular weight excluding hydrogens is 216 g/mol. The van der Waals surface area contributed by atoms with Crippen LogP contribution in [0.1, 0.15) is 27.1 Å². The van der Waals surface area contributed by atoms with Gasteiger partial charge in [0.1, 0.15) is 0 Å². The Bertz CT molecular complexity index is 491. The summed E-state index contributed by atoms with van der Waals surface area (Å²) < 4.78 is 0. The molecule has 1 heterocycles. The van der Waals surface area contributed by atoms with Crippen molar-refractivity contribution in [3.05, 3.63) is 45.5 Å². The second-order valence-electron chi connectivity index (χ2n) is 4.22. The maximum Gasteiger partial charge on any atom is 0.180 e. The Morgan fingerprint density at radius 1 is 1.19 bits per heavy atom. The molecule has 0 amide bonds. The summed E-state index contributed by atoms with van der Waals surface area (Å²) in [6.45, 7) is 6.47. The van der Waals surface area contributed by atoms with Crippen molar-refractivity contribution in [2.24, 2.45) is 0 Å². The molecule has 1 aromatic heterocycles. The molecule has 0 unspecified atom stereocenters. The Labute approximate surface area is 100 Å². The summed E-state index contributed by atoms with van der Waals surface area (Å²) >= 11 is 1.57. The standard InChI is InChI=1S/C13H16N2S/c1-8-4-9(2)12(10(3)5-8)6-11-7-15-13(14)16-11/h4-5,7H,6H2,1-3H3,(H2,14,15). The van der Waals surface area contributed by atoms with Crippen LogP contribution in [0, 0.1) is 20.8 Å². The molecule has 0 spiro atoms.